The van der Waals surface area contributed by atoms with Crippen molar-refractivity contribution >= 4 is 27.2 Å². The smallest absolute Gasteiger partial charge is 0.241 e. The zero-order valence-corrected chi connectivity index (χ0v) is 23.2. The molecule has 1 fully saturated rings. The fourth-order valence-corrected chi connectivity index (χ4v) is 6.84. The number of rotatable bonds is 9. The maximum atomic E-state index is 14.5. The molecular weight excluding hydrogens is 501 g/mol. The van der Waals surface area contributed by atoms with Crippen LogP contribution in [0.1, 0.15) is 68.5 Å². The highest BCUT2D eigenvalue weighted by Gasteiger charge is 2.46. The van der Waals surface area contributed by atoms with Crippen LogP contribution in [-0.2, 0) is 14.8 Å². The second-order valence-electron chi connectivity index (χ2n) is 10.2. The molecule has 0 aromatic heterocycles. The number of benzene rings is 2. The van der Waals surface area contributed by atoms with E-state index >= 15 is 0 Å². The van der Waals surface area contributed by atoms with Crippen molar-refractivity contribution in [2.45, 2.75) is 51.8 Å². The van der Waals surface area contributed by atoms with Crippen LogP contribution < -0.4 is 10.5 Å². The summed E-state index contributed by atoms with van der Waals surface area (Å²) in [6.45, 7) is 11.1. The molecule has 0 saturated carbocycles. The molecule has 202 valence electrons. The monoisotopic (exact) mass is 537 g/mol. The molecule has 8 heteroatoms. The second-order valence-corrected chi connectivity index (χ2v) is 12.0. The van der Waals surface area contributed by atoms with Gasteiger partial charge < -0.3 is 5.73 Å². The van der Waals surface area contributed by atoms with Gasteiger partial charge in [-0.25, -0.2) is 12.8 Å². The first kappa shape index (κ1) is 29.2. The fraction of sp³-hybridized carbons (Fsp3) is 0.333. The van der Waals surface area contributed by atoms with E-state index in [1.165, 1.54) is 13.0 Å². The number of halogens is 1. The minimum atomic E-state index is -3.85. The standard InChI is InChI=1S/C30H36FN3O3S/c1-6-9-24(18-20(2)21(3)35)22-12-14-23(15-13-22)29-30(4,5)19-28(34-38(29,36)37)33-27(16-17-32)25-10-7-8-11-26(25)31/h6-15,18,27,29H,1,16-17,19,32H2,2-5H3,(H,33,34)/b20-18+,24-9+/t27-,29?/m0/s1. The number of hydrogen-bond donors (Lipinski definition) is 2. The number of allylic oxidation sites excluding steroid dienone is 5. The zero-order chi connectivity index (χ0) is 28.1. The van der Waals surface area contributed by atoms with E-state index in [1.54, 1.807) is 55.5 Å². The fourth-order valence-electron chi connectivity index (χ4n) is 4.83. The third-order valence-electron chi connectivity index (χ3n) is 6.69. The van der Waals surface area contributed by atoms with Crippen molar-refractivity contribution in [3.8, 4) is 0 Å². The number of nitrogens with two attached hydrogens (primary N) is 1. The van der Waals surface area contributed by atoms with Crippen LogP contribution in [0, 0.1) is 11.2 Å². The molecular formula is C30H36FN3O3S. The van der Waals surface area contributed by atoms with Crippen LogP contribution in [0.5, 0.6) is 0 Å². The molecule has 6 nitrogen and oxygen atoms in total. The molecule has 0 amide bonds. The number of aliphatic imine (C=N–C) groups is 1. The number of ketones is 1. The second kappa shape index (κ2) is 12.0. The number of nitrogens with zero attached hydrogens (tertiary/aromatic N) is 1. The summed E-state index contributed by atoms with van der Waals surface area (Å²) in [6, 6.07) is 13.0. The lowest BCUT2D eigenvalue weighted by atomic mass is 9.81. The van der Waals surface area contributed by atoms with Crippen LogP contribution in [0.4, 0.5) is 4.39 Å². The van der Waals surface area contributed by atoms with Gasteiger partial charge >= 0.3 is 0 Å². The number of Topliss-reactive ketones (excluding diaryl/α,β-unsaturated/α-hetero) is 1. The van der Waals surface area contributed by atoms with E-state index < -0.39 is 32.5 Å². The topological polar surface area (TPSA) is 102 Å². The van der Waals surface area contributed by atoms with Crippen LogP contribution in [0.2, 0.25) is 0 Å². The molecule has 0 spiro atoms. The SMILES string of the molecule is C=C/C=C(\C=C(/C)C(C)=O)c1ccc(C2C(C)(C)CC(=N[C@@H](CCN)c3ccccc3F)NS2(=O)=O)cc1. The average Bonchev–Trinajstić information content (AvgIpc) is 2.82. The summed E-state index contributed by atoms with van der Waals surface area (Å²) in [5, 5.41) is -0.828. The van der Waals surface area contributed by atoms with Gasteiger partial charge in [0.15, 0.2) is 5.78 Å². The van der Waals surface area contributed by atoms with Crippen LogP contribution >= 0.6 is 0 Å². The Morgan fingerprint density at radius 2 is 1.87 bits per heavy atom. The molecule has 2 atom stereocenters. The molecule has 2 aromatic carbocycles. The minimum absolute atomic E-state index is 0.0288. The maximum absolute atomic E-state index is 14.5. The Hall–Kier alpha value is -3.36. The van der Waals surface area contributed by atoms with Crippen LogP contribution in [0.15, 0.2) is 83.9 Å². The van der Waals surface area contributed by atoms with Gasteiger partial charge in [-0.3, -0.25) is 14.5 Å². The Labute approximate surface area is 225 Å². The number of nitrogens with one attached hydrogen (secondary N) is 1. The van der Waals surface area contributed by atoms with E-state index in [0.717, 1.165) is 11.1 Å². The van der Waals surface area contributed by atoms with Gasteiger partial charge in [0.25, 0.3) is 0 Å². The molecule has 38 heavy (non-hydrogen) atoms. The summed E-state index contributed by atoms with van der Waals surface area (Å²) < 4.78 is 44.2. The first-order valence-electron chi connectivity index (χ1n) is 12.5. The molecule has 0 bridgehead atoms. The largest absolute Gasteiger partial charge is 0.330 e. The van der Waals surface area contributed by atoms with E-state index in [1.807, 2.05) is 26.0 Å². The van der Waals surface area contributed by atoms with E-state index in [0.29, 0.717) is 35.4 Å². The third kappa shape index (κ3) is 6.74. The summed E-state index contributed by atoms with van der Waals surface area (Å²) in [7, 11) is -3.85. The Morgan fingerprint density at radius 3 is 2.42 bits per heavy atom. The molecule has 3 rings (SSSR count). The number of carbonyl (C=O) groups excluding carboxylic acids is 1. The van der Waals surface area contributed by atoms with Crippen LogP contribution in [0.25, 0.3) is 5.57 Å². The molecule has 1 aliphatic rings. The summed E-state index contributed by atoms with van der Waals surface area (Å²) in [6.07, 6.45) is 5.98. The summed E-state index contributed by atoms with van der Waals surface area (Å²) >= 11 is 0. The Kier molecular flexibility index (Phi) is 9.22. The van der Waals surface area contributed by atoms with Crippen molar-refractivity contribution in [2.24, 2.45) is 16.1 Å². The van der Waals surface area contributed by atoms with Gasteiger partial charge in [-0.15, -0.1) is 0 Å². The van der Waals surface area contributed by atoms with Crippen LogP contribution in [-0.4, -0.2) is 26.6 Å². The molecule has 1 aliphatic heterocycles. The van der Waals surface area contributed by atoms with Gasteiger partial charge in [0.05, 0.1) is 6.04 Å². The van der Waals surface area contributed by atoms with Crippen molar-refractivity contribution in [3.63, 3.8) is 0 Å². The normalized spacial score (nSPS) is 21.0. The van der Waals surface area contributed by atoms with Crippen molar-refractivity contribution < 1.29 is 17.6 Å². The third-order valence-corrected chi connectivity index (χ3v) is 8.74. The zero-order valence-electron chi connectivity index (χ0n) is 22.4. The van der Waals surface area contributed by atoms with Gasteiger partial charge in [-0.05, 0) is 66.6 Å². The molecule has 1 heterocycles. The lowest BCUT2D eigenvalue weighted by Gasteiger charge is -2.39. The van der Waals surface area contributed by atoms with Crippen molar-refractivity contribution in [1.82, 2.24) is 4.72 Å². The van der Waals surface area contributed by atoms with Crippen molar-refractivity contribution in [3.05, 3.63) is 101 Å². The predicted molar refractivity (Wildman–Crippen MR) is 152 cm³/mol. The average molecular weight is 538 g/mol. The molecule has 3 N–H and O–H groups in total. The predicted octanol–water partition coefficient (Wildman–Crippen LogP) is 5.81. The summed E-state index contributed by atoms with van der Waals surface area (Å²) in [4.78, 5) is 16.3. The van der Waals surface area contributed by atoms with E-state index in [4.69, 9.17) is 5.73 Å². The van der Waals surface area contributed by atoms with Gasteiger partial charge in [-0.1, -0.05) is 75.0 Å². The lowest BCUT2D eigenvalue weighted by molar-refractivity contribution is -0.113. The molecule has 0 radical (unpaired) electrons. The molecule has 0 aliphatic carbocycles. The van der Waals surface area contributed by atoms with Gasteiger partial charge in [0, 0.05) is 12.0 Å². The van der Waals surface area contributed by atoms with E-state index in [9.17, 15) is 17.6 Å². The van der Waals surface area contributed by atoms with Gasteiger partial charge in [0.2, 0.25) is 10.0 Å². The molecule has 1 unspecified atom stereocenters. The van der Waals surface area contributed by atoms with E-state index in [2.05, 4.69) is 16.3 Å². The Bertz CT molecular complexity index is 1390. The highest BCUT2D eigenvalue weighted by Crippen LogP contribution is 2.45. The molecule has 2 aromatic rings. The van der Waals surface area contributed by atoms with Crippen LogP contribution in [0.3, 0.4) is 0 Å². The number of carbonyl (C=O) groups is 1. The minimum Gasteiger partial charge on any atom is -0.330 e. The summed E-state index contributed by atoms with van der Waals surface area (Å²) in [5.74, 6) is -0.131. The molecule has 1 saturated heterocycles. The number of hydrogen-bond acceptors (Lipinski definition) is 5. The maximum Gasteiger partial charge on any atom is 0.241 e. The highest BCUT2D eigenvalue weighted by molar-refractivity contribution is 7.90. The summed E-state index contributed by atoms with van der Waals surface area (Å²) in [5.41, 5.74) is 8.34. The Morgan fingerprint density at radius 1 is 1.21 bits per heavy atom. The van der Waals surface area contributed by atoms with E-state index in [-0.39, 0.29) is 12.3 Å². The Balaban J connectivity index is 1.95. The highest BCUT2D eigenvalue weighted by atomic mass is 32.2. The first-order valence-corrected chi connectivity index (χ1v) is 14.1. The van der Waals surface area contributed by atoms with Gasteiger partial charge in [0.1, 0.15) is 16.9 Å². The number of amidine groups is 1. The quantitative estimate of drug-likeness (QED) is 0.311. The lowest BCUT2D eigenvalue weighted by Crippen LogP contribution is -2.48. The van der Waals surface area contributed by atoms with Crippen molar-refractivity contribution in [2.75, 3.05) is 6.54 Å². The first-order chi connectivity index (χ1) is 17.9. The van der Waals surface area contributed by atoms with Gasteiger partial charge in [-0.2, -0.15) is 0 Å². The number of sulfonamides is 1. The van der Waals surface area contributed by atoms with Crippen molar-refractivity contribution in [1.29, 1.82) is 0 Å².